The standard InChI is InChI=1S/C36H68O4/c1-3-5-7-9-11-12-13-14-15-16-17-18-19-20-21-22-24-26-28-33-36(39)40-34(31-29-32-35(37)38)30-27-25-23-10-8-6-4-2/h14-15,34H,3-13,16-33H2,1-2H3,(H,37,38)/b15-14-. The van der Waals surface area contributed by atoms with Gasteiger partial charge < -0.3 is 9.84 Å². The van der Waals surface area contributed by atoms with Crippen LogP contribution >= 0.6 is 0 Å². The summed E-state index contributed by atoms with van der Waals surface area (Å²) in [5.74, 6) is -0.864. The van der Waals surface area contributed by atoms with Crippen LogP contribution in [-0.4, -0.2) is 23.1 Å². The van der Waals surface area contributed by atoms with Crippen LogP contribution in [0.15, 0.2) is 12.2 Å². The van der Waals surface area contributed by atoms with Crippen molar-refractivity contribution in [2.24, 2.45) is 0 Å². The summed E-state index contributed by atoms with van der Waals surface area (Å²) >= 11 is 0. The second-order valence-corrected chi connectivity index (χ2v) is 12.1. The maximum absolute atomic E-state index is 12.4. The van der Waals surface area contributed by atoms with Gasteiger partial charge in [-0.2, -0.15) is 0 Å². The Morgan fingerprint density at radius 1 is 0.525 bits per heavy atom. The van der Waals surface area contributed by atoms with Gasteiger partial charge in [0.1, 0.15) is 6.10 Å². The molecule has 0 aliphatic rings. The lowest BCUT2D eigenvalue weighted by Crippen LogP contribution is -2.18. The average Bonchev–Trinajstić information content (AvgIpc) is 2.93. The molecule has 4 nitrogen and oxygen atoms in total. The van der Waals surface area contributed by atoms with Crippen LogP contribution in [0.4, 0.5) is 0 Å². The molecule has 0 aliphatic carbocycles. The van der Waals surface area contributed by atoms with E-state index in [0.29, 0.717) is 19.3 Å². The quantitative estimate of drug-likeness (QED) is 0.0501. The molecule has 0 rings (SSSR count). The maximum atomic E-state index is 12.4. The number of esters is 1. The minimum Gasteiger partial charge on any atom is -0.481 e. The Balaban J connectivity index is 3.69. The third kappa shape index (κ3) is 31.2. The highest BCUT2D eigenvalue weighted by Gasteiger charge is 2.15. The molecule has 4 heteroatoms. The predicted molar refractivity (Wildman–Crippen MR) is 172 cm³/mol. The van der Waals surface area contributed by atoms with Crippen LogP contribution in [0.25, 0.3) is 0 Å². The highest BCUT2D eigenvalue weighted by molar-refractivity contribution is 5.69. The molecule has 1 atom stereocenters. The zero-order valence-corrected chi connectivity index (χ0v) is 26.9. The van der Waals surface area contributed by atoms with Crippen LogP contribution in [0.5, 0.6) is 0 Å². The number of unbranched alkanes of at least 4 members (excludes halogenated alkanes) is 21. The fraction of sp³-hybridized carbons (Fsp3) is 0.889. The number of carboxylic acid groups (broad SMARTS) is 1. The SMILES string of the molecule is CCCCCCCC/C=C\CCCCCCCCCCCC(=O)OC(CCCCCCCCC)CCCC(=O)O. The van der Waals surface area contributed by atoms with Crippen molar-refractivity contribution in [3.05, 3.63) is 12.2 Å². The van der Waals surface area contributed by atoms with Gasteiger partial charge in [0.15, 0.2) is 0 Å². The highest BCUT2D eigenvalue weighted by Crippen LogP contribution is 2.18. The Morgan fingerprint density at radius 3 is 1.40 bits per heavy atom. The Hall–Kier alpha value is -1.32. The molecule has 0 saturated heterocycles. The lowest BCUT2D eigenvalue weighted by molar-refractivity contribution is -0.150. The molecule has 0 radical (unpaired) electrons. The van der Waals surface area contributed by atoms with Crippen molar-refractivity contribution < 1.29 is 19.4 Å². The maximum Gasteiger partial charge on any atom is 0.306 e. The molecule has 0 amide bonds. The molecule has 236 valence electrons. The van der Waals surface area contributed by atoms with Gasteiger partial charge in [0.25, 0.3) is 0 Å². The van der Waals surface area contributed by atoms with E-state index in [2.05, 4.69) is 26.0 Å². The minimum absolute atomic E-state index is 0.0932. The molecule has 0 aromatic carbocycles. The third-order valence-corrected chi connectivity index (χ3v) is 7.99. The van der Waals surface area contributed by atoms with Crippen LogP contribution in [0.2, 0.25) is 0 Å². The van der Waals surface area contributed by atoms with E-state index in [9.17, 15) is 9.59 Å². The van der Waals surface area contributed by atoms with Gasteiger partial charge in [0.2, 0.25) is 0 Å². The average molecular weight is 565 g/mol. The highest BCUT2D eigenvalue weighted by atomic mass is 16.5. The van der Waals surface area contributed by atoms with Crippen LogP contribution in [0.1, 0.15) is 200 Å². The van der Waals surface area contributed by atoms with E-state index >= 15 is 0 Å². The van der Waals surface area contributed by atoms with Crippen molar-refractivity contribution in [2.75, 3.05) is 0 Å². The first-order valence-electron chi connectivity index (χ1n) is 17.7. The Kier molecular flexibility index (Phi) is 31.1. The van der Waals surface area contributed by atoms with Gasteiger partial charge in [-0.3, -0.25) is 9.59 Å². The molecule has 1 unspecified atom stereocenters. The summed E-state index contributed by atoms with van der Waals surface area (Å²) in [7, 11) is 0. The fourth-order valence-electron chi connectivity index (χ4n) is 5.36. The summed E-state index contributed by atoms with van der Waals surface area (Å²) in [6.45, 7) is 4.51. The Labute approximate surface area is 249 Å². The topological polar surface area (TPSA) is 63.6 Å². The number of ether oxygens (including phenoxy) is 1. The molecule has 0 bridgehead atoms. The van der Waals surface area contributed by atoms with Crippen molar-refractivity contribution in [3.63, 3.8) is 0 Å². The molecule has 0 heterocycles. The monoisotopic (exact) mass is 565 g/mol. The third-order valence-electron chi connectivity index (χ3n) is 7.99. The smallest absolute Gasteiger partial charge is 0.306 e. The van der Waals surface area contributed by atoms with Crippen LogP contribution in [-0.2, 0) is 14.3 Å². The van der Waals surface area contributed by atoms with Gasteiger partial charge in [0.05, 0.1) is 0 Å². The summed E-state index contributed by atoms with van der Waals surface area (Å²) in [4.78, 5) is 23.3. The fourth-order valence-corrected chi connectivity index (χ4v) is 5.36. The minimum atomic E-state index is -0.771. The lowest BCUT2D eigenvalue weighted by Gasteiger charge is -2.18. The number of hydrogen-bond donors (Lipinski definition) is 1. The Bertz CT molecular complexity index is 571. The lowest BCUT2D eigenvalue weighted by atomic mass is 10.0. The van der Waals surface area contributed by atoms with E-state index in [1.54, 1.807) is 0 Å². The van der Waals surface area contributed by atoms with Gasteiger partial charge in [-0.1, -0.05) is 142 Å². The van der Waals surface area contributed by atoms with Gasteiger partial charge in [-0.25, -0.2) is 0 Å². The summed E-state index contributed by atoms with van der Waals surface area (Å²) in [6, 6.07) is 0. The van der Waals surface area contributed by atoms with Crippen LogP contribution in [0, 0.1) is 0 Å². The van der Waals surface area contributed by atoms with Crippen molar-refractivity contribution in [2.45, 2.75) is 206 Å². The number of aliphatic carboxylic acids is 1. The van der Waals surface area contributed by atoms with Gasteiger partial charge in [-0.05, 0) is 57.8 Å². The molecule has 1 N–H and O–H groups in total. The molecule has 0 aromatic heterocycles. The summed E-state index contributed by atoms with van der Waals surface area (Å²) in [6.07, 6.45) is 38.0. The first-order chi connectivity index (χ1) is 19.6. The van der Waals surface area contributed by atoms with E-state index in [1.165, 1.54) is 135 Å². The zero-order valence-electron chi connectivity index (χ0n) is 26.9. The first kappa shape index (κ1) is 38.7. The molecule has 0 spiro atoms. The Morgan fingerprint density at radius 2 is 0.925 bits per heavy atom. The number of hydrogen-bond acceptors (Lipinski definition) is 3. The molecule has 0 fully saturated rings. The first-order valence-corrected chi connectivity index (χ1v) is 17.7. The number of carboxylic acids is 1. The van der Waals surface area contributed by atoms with Gasteiger partial charge in [0, 0.05) is 12.8 Å². The number of rotatable bonds is 32. The van der Waals surface area contributed by atoms with E-state index in [4.69, 9.17) is 9.84 Å². The largest absolute Gasteiger partial charge is 0.481 e. The van der Waals surface area contributed by atoms with Crippen LogP contribution in [0.3, 0.4) is 0 Å². The number of carbonyl (C=O) groups is 2. The molecule has 0 aliphatic heterocycles. The molecular weight excluding hydrogens is 496 g/mol. The van der Waals surface area contributed by atoms with Crippen molar-refractivity contribution in [1.29, 1.82) is 0 Å². The zero-order chi connectivity index (χ0) is 29.4. The number of allylic oxidation sites excluding steroid dienone is 2. The normalized spacial score (nSPS) is 12.2. The van der Waals surface area contributed by atoms with Crippen molar-refractivity contribution >= 4 is 11.9 Å². The molecule has 0 saturated carbocycles. The summed E-state index contributed by atoms with van der Waals surface area (Å²) in [5.41, 5.74) is 0. The van der Waals surface area contributed by atoms with Crippen molar-refractivity contribution in [3.8, 4) is 0 Å². The summed E-state index contributed by atoms with van der Waals surface area (Å²) < 4.78 is 5.78. The van der Waals surface area contributed by atoms with Gasteiger partial charge in [-0.15, -0.1) is 0 Å². The van der Waals surface area contributed by atoms with Crippen LogP contribution < -0.4 is 0 Å². The molecule has 0 aromatic rings. The summed E-state index contributed by atoms with van der Waals surface area (Å²) in [5, 5.41) is 8.94. The van der Waals surface area contributed by atoms with E-state index in [1.807, 2.05) is 0 Å². The van der Waals surface area contributed by atoms with E-state index < -0.39 is 5.97 Å². The molecule has 40 heavy (non-hydrogen) atoms. The van der Waals surface area contributed by atoms with Crippen molar-refractivity contribution in [1.82, 2.24) is 0 Å². The van der Waals surface area contributed by atoms with E-state index in [-0.39, 0.29) is 18.5 Å². The number of carbonyl (C=O) groups excluding carboxylic acids is 1. The second-order valence-electron chi connectivity index (χ2n) is 12.1. The predicted octanol–water partition coefficient (Wildman–Crippen LogP) is 11.9. The molecular formula is C36H68O4. The van der Waals surface area contributed by atoms with E-state index in [0.717, 1.165) is 25.7 Å². The second kappa shape index (κ2) is 32.2. The van der Waals surface area contributed by atoms with Gasteiger partial charge >= 0.3 is 11.9 Å².